The molecule has 1 aromatic carbocycles. The topological polar surface area (TPSA) is 63.2 Å². The lowest BCUT2D eigenvalue weighted by atomic mass is 10.1. The van der Waals surface area contributed by atoms with E-state index in [0.717, 1.165) is 54.9 Å². The zero-order valence-electron chi connectivity index (χ0n) is 16.3. The molecule has 1 aliphatic rings. The number of hydrogen-bond donors (Lipinski definition) is 2. The SMILES string of the molecule is Cc1cc(CNCCCC(=O)NC2CC2)cc(C)c1OCc1ccccn1. The summed E-state index contributed by atoms with van der Waals surface area (Å²) in [4.78, 5) is 16.0. The van der Waals surface area contributed by atoms with Crippen molar-refractivity contribution in [1.29, 1.82) is 0 Å². The predicted octanol–water partition coefficient (Wildman–Crippen LogP) is 3.43. The molecule has 1 heterocycles. The van der Waals surface area contributed by atoms with Gasteiger partial charge in [0.25, 0.3) is 0 Å². The van der Waals surface area contributed by atoms with Crippen LogP contribution >= 0.6 is 0 Å². The van der Waals surface area contributed by atoms with Gasteiger partial charge in [0, 0.05) is 25.2 Å². The average molecular weight is 367 g/mol. The van der Waals surface area contributed by atoms with Gasteiger partial charge in [-0.05, 0) is 68.5 Å². The van der Waals surface area contributed by atoms with Gasteiger partial charge < -0.3 is 15.4 Å². The summed E-state index contributed by atoms with van der Waals surface area (Å²) in [6.45, 7) is 6.27. The van der Waals surface area contributed by atoms with E-state index >= 15 is 0 Å². The average Bonchev–Trinajstić information content (AvgIpc) is 3.45. The Morgan fingerprint density at radius 3 is 2.67 bits per heavy atom. The molecule has 27 heavy (non-hydrogen) atoms. The van der Waals surface area contributed by atoms with Gasteiger partial charge in [-0.3, -0.25) is 9.78 Å². The van der Waals surface area contributed by atoms with Crippen molar-refractivity contribution < 1.29 is 9.53 Å². The molecule has 1 saturated carbocycles. The van der Waals surface area contributed by atoms with Crippen molar-refractivity contribution in [3.8, 4) is 5.75 Å². The number of aromatic nitrogens is 1. The number of nitrogens with one attached hydrogen (secondary N) is 2. The maximum Gasteiger partial charge on any atom is 0.220 e. The number of ether oxygens (including phenoxy) is 1. The van der Waals surface area contributed by atoms with Crippen LogP contribution in [0.2, 0.25) is 0 Å². The molecule has 144 valence electrons. The van der Waals surface area contributed by atoms with Crippen LogP contribution in [-0.2, 0) is 17.9 Å². The maximum absolute atomic E-state index is 11.7. The highest BCUT2D eigenvalue weighted by Crippen LogP contribution is 2.25. The van der Waals surface area contributed by atoms with E-state index in [-0.39, 0.29) is 5.91 Å². The van der Waals surface area contributed by atoms with Crippen LogP contribution in [0.5, 0.6) is 5.75 Å². The number of pyridine rings is 1. The van der Waals surface area contributed by atoms with Crippen molar-refractivity contribution in [3.63, 3.8) is 0 Å². The van der Waals surface area contributed by atoms with E-state index in [1.807, 2.05) is 18.2 Å². The van der Waals surface area contributed by atoms with Gasteiger partial charge in [0.05, 0.1) is 5.69 Å². The van der Waals surface area contributed by atoms with Gasteiger partial charge in [-0.1, -0.05) is 18.2 Å². The Balaban J connectivity index is 1.42. The molecule has 0 unspecified atom stereocenters. The van der Waals surface area contributed by atoms with Crippen LogP contribution in [-0.4, -0.2) is 23.5 Å². The zero-order chi connectivity index (χ0) is 19.1. The summed E-state index contributed by atoms with van der Waals surface area (Å²) < 4.78 is 5.99. The number of rotatable bonds is 10. The third-order valence-corrected chi connectivity index (χ3v) is 4.64. The lowest BCUT2D eigenvalue weighted by molar-refractivity contribution is -0.121. The lowest BCUT2D eigenvalue weighted by Crippen LogP contribution is -2.26. The predicted molar refractivity (Wildman–Crippen MR) is 107 cm³/mol. The van der Waals surface area contributed by atoms with E-state index in [4.69, 9.17) is 4.74 Å². The fourth-order valence-electron chi connectivity index (χ4n) is 3.13. The molecule has 5 nitrogen and oxygen atoms in total. The summed E-state index contributed by atoms with van der Waals surface area (Å²) in [6.07, 6.45) is 5.53. The molecule has 5 heteroatoms. The minimum Gasteiger partial charge on any atom is -0.487 e. The minimum atomic E-state index is 0.181. The molecule has 0 bridgehead atoms. The van der Waals surface area contributed by atoms with Crippen LogP contribution in [0, 0.1) is 13.8 Å². The number of hydrogen-bond acceptors (Lipinski definition) is 4. The second-order valence-corrected chi connectivity index (χ2v) is 7.29. The Morgan fingerprint density at radius 2 is 2.00 bits per heavy atom. The molecule has 0 radical (unpaired) electrons. The molecule has 2 aromatic rings. The minimum absolute atomic E-state index is 0.181. The molecule has 3 rings (SSSR count). The van der Waals surface area contributed by atoms with E-state index in [0.29, 0.717) is 19.1 Å². The summed E-state index contributed by atoms with van der Waals surface area (Å²) in [7, 11) is 0. The first-order chi connectivity index (χ1) is 13.1. The number of carbonyl (C=O) groups excluding carboxylic acids is 1. The Hall–Kier alpha value is -2.40. The van der Waals surface area contributed by atoms with Crippen molar-refractivity contribution in [3.05, 3.63) is 58.9 Å². The van der Waals surface area contributed by atoms with Gasteiger partial charge in [-0.15, -0.1) is 0 Å². The largest absolute Gasteiger partial charge is 0.487 e. The van der Waals surface area contributed by atoms with E-state index in [9.17, 15) is 4.79 Å². The Bertz CT molecular complexity index is 734. The van der Waals surface area contributed by atoms with E-state index < -0.39 is 0 Å². The Labute approximate surface area is 161 Å². The number of amides is 1. The van der Waals surface area contributed by atoms with Crippen LogP contribution in [0.3, 0.4) is 0 Å². The number of benzene rings is 1. The number of nitrogens with zero attached hydrogens (tertiary/aromatic N) is 1. The first-order valence-corrected chi connectivity index (χ1v) is 9.75. The molecule has 1 aliphatic carbocycles. The van der Waals surface area contributed by atoms with Crippen molar-refractivity contribution in [2.45, 2.75) is 58.7 Å². The van der Waals surface area contributed by atoms with E-state index in [1.54, 1.807) is 6.20 Å². The van der Waals surface area contributed by atoms with Gasteiger partial charge in [-0.2, -0.15) is 0 Å². The number of aryl methyl sites for hydroxylation is 2. The highest BCUT2D eigenvalue weighted by atomic mass is 16.5. The molecule has 0 spiro atoms. The summed E-state index contributed by atoms with van der Waals surface area (Å²) >= 11 is 0. The quantitative estimate of drug-likeness (QED) is 0.632. The van der Waals surface area contributed by atoms with Gasteiger partial charge in [0.15, 0.2) is 0 Å². The molecule has 2 N–H and O–H groups in total. The summed E-state index contributed by atoms with van der Waals surface area (Å²) in [5, 5.41) is 6.45. The Morgan fingerprint density at radius 1 is 1.22 bits per heavy atom. The zero-order valence-corrected chi connectivity index (χ0v) is 16.3. The van der Waals surface area contributed by atoms with E-state index in [2.05, 4.69) is 41.6 Å². The fraction of sp³-hybridized carbons (Fsp3) is 0.455. The third-order valence-electron chi connectivity index (χ3n) is 4.64. The van der Waals surface area contributed by atoms with Crippen LogP contribution in [0.4, 0.5) is 0 Å². The molecule has 0 saturated heterocycles. The van der Waals surface area contributed by atoms with Crippen LogP contribution < -0.4 is 15.4 Å². The monoisotopic (exact) mass is 367 g/mol. The van der Waals surface area contributed by atoms with Gasteiger partial charge in [-0.25, -0.2) is 0 Å². The molecule has 1 amide bonds. The Kier molecular flexibility index (Phi) is 6.82. The molecule has 1 aromatic heterocycles. The van der Waals surface area contributed by atoms with Gasteiger partial charge in [0.1, 0.15) is 12.4 Å². The van der Waals surface area contributed by atoms with Crippen LogP contribution in [0.15, 0.2) is 36.5 Å². The second-order valence-electron chi connectivity index (χ2n) is 7.29. The maximum atomic E-state index is 11.7. The highest BCUT2D eigenvalue weighted by molar-refractivity contribution is 5.76. The smallest absolute Gasteiger partial charge is 0.220 e. The number of carbonyl (C=O) groups is 1. The van der Waals surface area contributed by atoms with Gasteiger partial charge >= 0.3 is 0 Å². The lowest BCUT2D eigenvalue weighted by Gasteiger charge is -2.14. The fourth-order valence-corrected chi connectivity index (χ4v) is 3.13. The molecule has 1 fully saturated rings. The second kappa shape index (κ2) is 9.51. The summed E-state index contributed by atoms with van der Waals surface area (Å²) in [5.74, 6) is 1.11. The normalized spacial score (nSPS) is 13.4. The third kappa shape index (κ3) is 6.36. The molecular formula is C22H29N3O2. The van der Waals surface area contributed by atoms with Crippen molar-refractivity contribution in [2.75, 3.05) is 6.54 Å². The van der Waals surface area contributed by atoms with Crippen molar-refractivity contribution in [2.24, 2.45) is 0 Å². The molecule has 0 aliphatic heterocycles. The summed E-state index contributed by atoms with van der Waals surface area (Å²) in [6, 6.07) is 10.6. The highest BCUT2D eigenvalue weighted by Gasteiger charge is 2.22. The first-order valence-electron chi connectivity index (χ1n) is 9.75. The molecule has 0 atom stereocenters. The van der Waals surface area contributed by atoms with E-state index in [1.165, 1.54) is 5.56 Å². The molecular weight excluding hydrogens is 338 g/mol. The van der Waals surface area contributed by atoms with Crippen molar-refractivity contribution in [1.82, 2.24) is 15.6 Å². The van der Waals surface area contributed by atoms with Crippen LogP contribution in [0.1, 0.15) is 48.1 Å². The standard InChI is InChI=1S/C22H29N3O2/c1-16-12-18(14-23-10-5-7-21(26)25-19-8-9-19)13-17(2)22(16)27-15-20-6-3-4-11-24-20/h3-4,6,11-13,19,23H,5,7-10,14-15H2,1-2H3,(H,25,26). The first kappa shape index (κ1) is 19.4. The van der Waals surface area contributed by atoms with Gasteiger partial charge in [0.2, 0.25) is 5.91 Å². The van der Waals surface area contributed by atoms with Crippen LogP contribution in [0.25, 0.3) is 0 Å². The van der Waals surface area contributed by atoms with Crippen molar-refractivity contribution >= 4 is 5.91 Å². The summed E-state index contributed by atoms with van der Waals surface area (Å²) in [5.41, 5.74) is 4.42.